The molecule has 166 valence electrons. The minimum atomic E-state index is -7.74. The third-order valence-corrected chi connectivity index (χ3v) is 2.95. The van der Waals surface area contributed by atoms with Gasteiger partial charge in [-0.2, -0.15) is 57.1 Å². The second kappa shape index (κ2) is 7.16. The number of ether oxygens (including phenoxy) is 1. The van der Waals surface area contributed by atoms with Crippen LogP contribution in [-0.2, 0) is 0 Å². The van der Waals surface area contributed by atoms with Crippen molar-refractivity contribution in [2.45, 2.75) is 23.9 Å². The van der Waals surface area contributed by atoms with Crippen LogP contribution in [-0.4, -0.2) is 23.9 Å². The molecule has 0 aliphatic carbocycles. The van der Waals surface area contributed by atoms with Crippen LogP contribution in [0.4, 0.5) is 70.2 Å². The Hall–Kier alpha value is -2.36. The Kier molecular flexibility index (Phi) is 6.09. The van der Waals surface area contributed by atoms with Gasteiger partial charge >= 0.3 is 30.0 Å². The summed E-state index contributed by atoms with van der Waals surface area (Å²) in [6.45, 7) is 0. The molecule has 0 fully saturated rings. The molecule has 0 N–H and O–H groups in total. The molecule has 0 aliphatic heterocycles. The number of allylic oxidation sites excluding steroid dienone is 1. The van der Waals surface area contributed by atoms with Gasteiger partial charge in [-0.1, -0.05) is 0 Å². The minimum absolute atomic E-state index is 2.84. The van der Waals surface area contributed by atoms with Crippen LogP contribution in [0.1, 0.15) is 0 Å². The first-order valence-corrected chi connectivity index (χ1v) is 6.18. The molecule has 0 saturated carbocycles. The first-order valence-electron chi connectivity index (χ1n) is 6.18. The van der Waals surface area contributed by atoms with Gasteiger partial charge in [0.1, 0.15) is 0 Å². The van der Waals surface area contributed by atoms with Crippen molar-refractivity contribution in [2.24, 2.45) is 0 Å². The molecule has 0 spiro atoms. The first-order chi connectivity index (χ1) is 12.7. The largest absolute Gasteiger partial charge is 0.460 e. The van der Waals surface area contributed by atoms with Crippen molar-refractivity contribution < 1.29 is 75.0 Å². The minimum Gasteiger partial charge on any atom is -0.423 e. The zero-order chi connectivity index (χ0) is 23.3. The Labute approximate surface area is 147 Å². The summed E-state index contributed by atoms with van der Waals surface area (Å²) < 4.78 is 207. The second-order valence-corrected chi connectivity index (χ2v) is 4.81. The van der Waals surface area contributed by atoms with E-state index >= 15 is 0 Å². The molecule has 0 radical (unpaired) electrons. The van der Waals surface area contributed by atoms with Gasteiger partial charge in [-0.15, -0.1) is 0 Å². The van der Waals surface area contributed by atoms with Crippen LogP contribution in [0.5, 0.6) is 5.75 Å². The summed E-state index contributed by atoms with van der Waals surface area (Å²) in [5, 5.41) is 0. The van der Waals surface area contributed by atoms with Gasteiger partial charge < -0.3 is 4.74 Å². The highest BCUT2D eigenvalue weighted by molar-refractivity contribution is 5.31. The number of hydrogen-bond acceptors (Lipinski definition) is 1. The maximum Gasteiger partial charge on any atom is 0.460 e. The maximum atomic E-state index is 13.2. The molecule has 1 rings (SSSR count). The Balaban J connectivity index is 3.55. The third-order valence-electron chi connectivity index (χ3n) is 2.95. The molecule has 0 aromatic heterocycles. The Morgan fingerprint density at radius 1 is 0.552 bits per heavy atom. The molecule has 0 unspecified atom stereocenters. The summed E-state index contributed by atoms with van der Waals surface area (Å²) in [5.74, 6) is -45.3. The normalized spacial score (nSPS) is 14.8. The average Bonchev–Trinajstić information content (AvgIpc) is 2.59. The summed E-state index contributed by atoms with van der Waals surface area (Å²) in [7, 11) is 0. The highest BCUT2D eigenvalue weighted by Gasteiger charge is 2.83. The Morgan fingerprint density at radius 3 is 1.24 bits per heavy atom. The second-order valence-electron chi connectivity index (χ2n) is 4.81. The number of halogens is 16. The zero-order valence-electron chi connectivity index (χ0n) is 12.5. The van der Waals surface area contributed by atoms with Gasteiger partial charge in [0, 0.05) is 0 Å². The molecule has 0 heterocycles. The zero-order valence-corrected chi connectivity index (χ0v) is 12.5. The Bertz CT molecular complexity index is 806. The van der Waals surface area contributed by atoms with Crippen LogP contribution in [0.2, 0.25) is 0 Å². The van der Waals surface area contributed by atoms with Crippen LogP contribution in [0, 0.1) is 29.1 Å². The van der Waals surface area contributed by atoms with Crippen molar-refractivity contribution in [3.05, 3.63) is 40.9 Å². The summed E-state index contributed by atoms with van der Waals surface area (Å²) in [6, 6.07) is -4.00. The van der Waals surface area contributed by atoms with Crippen LogP contribution >= 0.6 is 0 Å². The quantitative estimate of drug-likeness (QED) is 0.214. The van der Waals surface area contributed by atoms with Gasteiger partial charge in [-0.25, -0.2) is 13.2 Å². The lowest BCUT2D eigenvalue weighted by molar-refractivity contribution is -0.392. The van der Waals surface area contributed by atoms with E-state index in [1.807, 2.05) is 0 Å². The topological polar surface area (TPSA) is 9.23 Å². The Morgan fingerprint density at radius 2 is 0.897 bits per heavy atom. The van der Waals surface area contributed by atoms with Crippen LogP contribution in [0.25, 0.3) is 0 Å². The van der Waals surface area contributed by atoms with Crippen LogP contribution in [0.15, 0.2) is 11.8 Å². The average molecular weight is 464 g/mol. The fraction of sp³-hybridized carbons (Fsp3) is 0.333. The molecule has 17 heteroatoms. The smallest absolute Gasteiger partial charge is 0.423 e. The fourth-order valence-electron chi connectivity index (χ4n) is 1.45. The van der Waals surface area contributed by atoms with E-state index in [2.05, 4.69) is 4.74 Å². The van der Waals surface area contributed by atoms with E-state index in [-0.39, 0.29) is 0 Å². The predicted octanol–water partition coefficient (Wildman–Crippen LogP) is 6.34. The lowest BCUT2D eigenvalue weighted by Gasteiger charge is -2.32. The van der Waals surface area contributed by atoms with Crippen molar-refractivity contribution in [3.63, 3.8) is 0 Å². The maximum absolute atomic E-state index is 13.2. The van der Waals surface area contributed by atoms with E-state index < -0.39 is 70.6 Å². The SMILES string of the molecule is FC(Oc1c(F)c(F)c(F)c(F)c1F)=C(F)C(F)(F)C(F)(F)C(F)(F)C(F)(F)F. The molecule has 0 aliphatic rings. The summed E-state index contributed by atoms with van der Waals surface area (Å²) in [4.78, 5) is 0. The standard InChI is InChI=1S/C12F16O/c13-1-2(14)4(16)6(5(17)3(1)15)29-8(19)7(18)9(20,21)10(22,23)11(24,25)12(26,27)28. The van der Waals surface area contributed by atoms with E-state index in [4.69, 9.17) is 0 Å². The number of benzene rings is 1. The van der Waals surface area contributed by atoms with Crippen molar-refractivity contribution in [1.29, 1.82) is 0 Å². The molecule has 0 bridgehead atoms. The third kappa shape index (κ3) is 3.65. The van der Waals surface area contributed by atoms with Gasteiger partial charge in [0.25, 0.3) is 0 Å². The van der Waals surface area contributed by atoms with Gasteiger partial charge in [-0.3, -0.25) is 0 Å². The molecule has 1 aromatic carbocycles. The van der Waals surface area contributed by atoms with E-state index in [1.165, 1.54) is 0 Å². The molecule has 0 amide bonds. The van der Waals surface area contributed by atoms with E-state index in [0.29, 0.717) is 0 Å². The van der Waals surface area contributed by atoms with Gasteiger partial charge in [0.05, 0.1) is 0 Å². The van der Waals surface area contributed by atoms with Gasteiger partial charge in [0.15, 0.2) is 0 Å². The summed E-state index contributed by atoms with van der Waals surface area (Å²) >= 11 is 0. The van der Waals surface area contributed by atoms with E-state index in [1.54, 1.807) is 0 Å². The van der Waals surface area contributed by atoms with Gasteiger partial charge in [0.2, 0.25) is 40.7 Å². The van der Waals surface area contributed by atoms with E-state index in [9.17, 15) is 70.2 Å². The van der Waals surface area contributed by atoms with Crippen molar-refractivity contribution in [2.75, 3.05) is 0 Å². The van der Waals surface area contributed by atoms with Crippen molar-refractivity contribution in [3.8, 4) is 5.75 Å². The molecule has 1 aromatic rings. The summed E-state index contributed by atoms with van der Waals surface area (Å²) in [5.41, 5.74) is 0. The fourth-order valence-corrected chi connectivity index (χ4v) is 1.45. The number of rotatable bonds is 5. The molecule has 1 nitrogen and oxygen atoms in total. The molecule has 0 atom stereocenters. The summed E-state index contributed by atoms with van der Waals surface area (Å²) in [6.07, 6.45) is -7.42. The number of hydrogen-bond donors (Lipinski definition) is 0. The van der Waals surface area contributed by atoms with Crippen molar-refractivity contribution in [1.82, 2.24) is 0 Å². The monoisotopic (exact) mass is 464 g/mol. The lowest BCUT2D eigenvalue weighted by Crippen LogP contribution is -2.61. The van der Waals surface area contributed by atoms with Crippen LogP contribution < -0.4 is 4.74 Å². The number of alkyl halides is 9. The molecule has 29 heavy (non-hydrogen) atoms. The predicted molar refractivity (Wildman–Crippen MR) is 57.0 cm³/mol. The van der Waals surface area contributed by atoms with Crippen molar-refractivity contribution >= 4 is 0 Å². The highest BCUT2D eigenvalue weighted by Crippen LogP contribution is 2.55. The molecular weight excluding hydrogens is 464 g/mol. The van der Waals surface area contributed by atoms with E-state index in [0.717, 1.165) is 0 Å². The molecular formula is C12F16O. The lowest BCUT2D eigenvalue weighted by atomic mass is 10.0. The first kappa shape index (κ1) is 24.7. The van der Waals surface area contributed by atoms with Gasteiger partial charge in [-0.05, 0) is 0 Å². The molecule has 0 saturated heterocycles. The van der Waals surface area contributed by atoms with Crippen LogP contribution in [0.3, 0.4) is 0 Å². The highest BCUT2D eigenvalue weighted by atomic mass is 19.4.